The number of anilines is 2. The van der Waals surface area contributed by atoms with Crippen LogP contribution in [0.25, 0.3) is 0 Å². The van der Waals surface area contributed by atoms with Crippen molar-refractivity contribution in [3.63, 3.8) is 0 Å². The Morgan fingerprint density at radius 3 is 1.95 bits per heavy atom. The molecule has 0 bridgehead atoms. The van der Waals surface area contributed by atoms with Crippen LogP contribution in [0.1, 0.15) is 0 Å². The minimum atomic E-state index is -3.54. The molecule has 4 nitrogen and oxygen atoms in total. The van der Waals surface area contributed by atoms with Gasteiger partial charge < -0.3 is 5.32 Å². The number of hydrogen-bond acceptors (Lipinski definition) is 3. The predicted molar refractivity (Wildman–Crippen MR) is 80.9 cm³/mol. The topological polar surface area (TPSA) is 58.2 Å². The number of benzene rings is 2. The van der Waals surface area contributed by atoms with E-state index in [1.54, 1.807) is 55.6 Å². The second-order valence-corrected chi connectivity index (χ2v) is 6.48. The number of nitrogens with one attached hydrogen (secondary N) is 2. The van der Waals surface area contributed by atoms with Gasteiger partial charge in [-0.1, -0.05) is 15.9 Å². The summed E-state index contributed by atoms with van der Waals surface area (Å²) in [5, 5.41) is 2.97. The molecule has 2 rings (SSSR count). The van der Waals surface area contributed by atoms with Crippen molar-refractivity contribution in [2.75, 3.05) is 17.1 Å². The summed E-state index contributed by atoms with van der Waals surface area (Å²) in [6, 6.07) is 13.5. The Balaban J connectivity index is 2.23. The van der Waals surface area contributed by atoms with Crippen molar-refractivity contribution in [2.24, 2.45) is 0 Å². The van der Waals surface area contributed by atoms with Gasteiger partial charge in [-0.2, -0.15) is 0 Å². The highest BCUT2D eigenvalue weighted by Gasteiger charge is 2.13. The second-order valence-electron chi connectivity index (χ2n) is 3.89. The van der Waals surface area contributed by atoms with Crippen molar-refractivity contribution in [3.8, 4) is 0 Å². The van der Waals surface area contributed by atoms with Crippen LogP contribution < -0.4 is 10.0 Å². The average molecular weight is 341 g/mol. The van der Waals surface area contributed by atoms with Crippen molar-refractivity contribution >= 4 is 37.3 Å². The molecule has 0 amide bonds. The van der Waals surface area contributed by atoms with Gasteiger partial charge in [-0.05, 0) is 48.5 Å². The van der Waals surface area contributed by atoms with Crippen LogP contribution in [-0.4, -0.2) is 15.5 Å². The van der Waals surface area contributed by atoms with Crippen molar-refractivity contribution in [1.82, 2.24) is 0 Å². The standard InChI is InChI=1S/C13H13BrN2O2S/c1-15-11-4-6-12(7-5-11)16-19(17,18)13-8-2-10(14)3-9-13/h2-9,15-16H,1H3. The molecule has 0 saturated carbocycles. The second kappa shape index (κ2) is 5.63. The van der Waals surface area contributed by atoms with Gasteiger partial charge in [0.05, 0.1) is 4.90 Å². The van der Waals surface area contributed by atoms with Gasteiger partial charge in [0, 0.05) is 22.9 Å². The van der Waals surface area contributed by atoms with Crippen LogP contribution in [0.4, 0.5) is 11.4 Å². The van der Waals surface area contributed by atoms with Crippen molar-refractivity contribution in [1.29, 1.82) is 0 Å². The van der Waals surface area contributed by atoms with Crippen LogP contribution in [0, 0.1) is 0 Å². The minimum Gasteiger partial charge on any atom is -0.388 e. The molecular formula is C13H13BrN2O2S. The van der Waals surface area contributed by atoms with Gasteiger partial charge in [-0.15, -0.1) is 0 Å². The van der Waals surface area contributed by atoms with E-state index >= 15 is 0 Å². The lowest BCUT2D eigenvalue weighted by Crippen LogP contribution is -2.12. The quantitative estimate of drug-likeness (QED) is 0.897. The van der Waals surface area contributed by atoms with Gasteiger partial charge in [0.2, 0.25) is 0 Å². The number of sulfonamides is 1. The molecule has 100 valence electrons. The summed E-state index contributed by atoms with van der Waals surface area (Å²) in [7, 11) is -1.73. The molecular weight excluding hydrogens is 328 g/mol. The number of hydrogen-bond donors (Lipinski definition) is 2. The SMILES string of the molecule is CNc1ccc(NS(=O)(=O)c2ccc(Br)cc2)cc1. The molecule has 2 N–H and O–H groups in total. The van der Waals surface area contributed by atoms with E-state index in [-0.39, 0.29) is 4.90 Å². The zero-order chi connectivity index (χ0) is 13.9. The first-order valence-corrected chi connectivity index (χ1v) is 7.85. The third-order valence-electron chi connectivity index (χ3n) is 2.55. The summed E-state index contributed by atoms with van der Waals surface area (Å²) in [4.78, 5) is 0.230. The highest BCUT2D eigenvalue weighted by molar-refractivity contribution is 9.10. The van der Waals surface area contributed by atoms with Gasteiger partial charge in [-0.3, -0.25) is 4.72 Å². The van der Waals surface area contributed by atoms with Gasteiger partial charge in [0.1, 0.15) is 0 Å². The molecule has 0 spiro atoms. The molecule has 0 aromatic heterocycles. The zero-order valence-corrected chi connectivity index (χ0v) is 12.6. The van der Waals surface area contributed by atoms with Gasteiger partial charge >= 0.3 is 0 Å². The van der Waals surface area contributed by atoms with Crippen molar-refractivity contribution in [3.05, 3.63) is 53.0 Å². The maximum atomic E-state index is 12.1. The molecule has 0 aliphatic heterocycles. The Hall–Kier alpha value is -1.53. The van der Waals surface area contributed by atoms with Gasteiger partial charge in [0.25, 0.3) is 10.0 Å². The third-order valence-corrected chi connectivity index (χ3v) is 4.48. The highest BCUT2D eigenvalue weighted by Crippen LogP contribution is 2.19. The fourth-order valence-corrected chi connectivity index (χ4v) is 2.86. The largest absolute Gasteiger partial charge is 0.388 e. The zero-order valence-electron chi connectivity index (χ0n) is 10.2. The first-order valence-electron chi connectivity index (χ1n) is 5.57. The summed E-state index contributed by atoms with van der Waals surface area (Å²) in [6.45, 7) is 0. The van der Waals surface area contributed by atoms with Crippen LogP contribution in [0.15, 0.2) is 57.9 Å². The van der Waals surface area contributed by atoms with Crippen LogP contribution in [-0.2, 0) is 10.0 Å². The van der Waals surface area contributed by atoms with E-state index in [1.807, 2.05) is 0 Å². The number of rotatable bonds is 4. The summed E-state index contributed by atoms with van der Waals surface area (Å²) < 4.78 is 27.6. The van der Waals surface area contributed by atoms with E-state index in [4.69, 9.17) is 0 Å². The highest BCUT2D eigenvalue weighted by atomic mass is 79.9. The third kappa shape index (κ3) is 3.48. The summed E-state index contributed by atoms with van der Waals surface area (Å²) in [6.07, 6.45) is 0. The maximum absolute atomic E-state index is 12.1. The molecule has 19 heavy (non-hydrogen) atoms. The van der Waals surface area contributed by atoms with E-state index in [1.165, 1.54) is 0 Å². The van der Waals surface area contributed by atoms with Crippen molar-refractivity contribution in [2.45, 2.75) is 4.90 Å². The van der Waals surface area contributed by atoms with E-state index in [0.29, 0.717) is 5.69 Å². The van der Waals surface area contributed by atoms with E-state index in [2.05, 4.69) is 26.0 Å². The van der Waals surface area contributed by atoms with E-state index < -0.39 is 10.0 Å². The fourth-order valence-electron chi connectivity index (χ4n) is 1.53. The van der Waals surface area contributed by atoms with Crippen LogP contribution in [0.3, 0.4) is 0 Å². The summed E-state index contributed by atoms with van der Waals surface area (Å²) >= 11 is 3.27. The Labute approximate surface area is 121 Å². The Morgan fingerprint density at radius 1 is 0.895 bits per heavy atom. The lowest BCUT2D eigenvalue weighted by Gasteiger charge is -2.09. The smallest absolute Gasteiger partial charge is 0.261 e. The molecule has 2 aromatic rings. The first-order chi connectivity index (χ1) is 9.01. The molecule has 6 heteroatoms. The van der Waals surface area contributed by atoms with Gasteiger partial charge in [-0.25, -0.2) is 8.42 Å². The molecule has 0 heterocycles. The molecule has 0 atom stereocenters. The Morgan fingerprint density at radius 2 is 1.42 bits per heavy atom. The van der Waals surface area contributed by atoms with Gasteiger partial charge in [0.15, 0.2) is 0 Å². The molecule has 0 aliphatic rings. The number of halogens is 1. The Kier molecular flexibility index (Phi) is 4.11. The minimum absolute atomic E-state index is 0.230. The molecule has 0 fully saturated rings. The first kappa shape index (κ1) is 13.9. The lowest BCUT2D eigenvalue weighted by atomic mass is 10.3. The van der Waals surface area contributed by atoms with Crippen LogP contribution in [0.2, 0.25) is 0 Å². The van der Waals surface area contributed by atoms with Crippen LogP contribution >= 0.6 is 15.9 Å². The lowest BCUT2D eigenvalue weighted by molar-refractivity contribution is 0.601. The average Bonchev–Trinajstić information content (AvgIpc) is 2.40. The summed E-state index contributed by atoms with van der Waals surface area (Å²) in [5.41, 5.74) is 1.45. The molecule has 2 aromatic carbocycles. The molecule has 0 aliphatic carbocycles. The van der Waals surface area contributed by atoms with Crippen molar-refractivity contribution < 1.29 is 8.42 Å². The molecule has 0 saturated heterocycles. The Bertz CT molecular complexity index is 652. The van der Waals surface area contributed by atoms with E-state index in [0.717, 1.165) is 10.2 Å². The fraction of sp³-hybridized carbons (Fsp3) is 0.0769. The summed E-state index contributed by atoms with van der Waals surface area (Å²) in [5.74, 6) is 0. The normalized spacial score (nSPS) is 11.1. The maximum Gasteiger partial charge on any atom is 0.261 e. The molecule has 0 unspecified atom stereocenters. The monoisotopic (exact) mass is 340 g/mol. The van der Waals surface area contributed by atoms with Crippen LogP contribution in [0.5, 0.6) is 0 Å². The molecule has 0 radical (unpaired) electrons. The predicted octanol–water partition coefficient (Wildman–Crippen LogP) is 3.29. The van der Waals surface area contributed by atoms with E-state index in [9.17, 15) is 8.42 Å².